The average molecular weight is 434 g/mol. The molecule has 0 spiro atoms. The van der Waals surface area contributed by atoms with E-state index < -0.39 is 5.78 Å². The Labute approximate surface area is 177 Å². The van der Waals surface area contributed by atoms with Crippen molar-refractivity contribution in [1.82, 2.24) is 15.5 Å². The van der Waals surface area contributed by atoms with Crippen LogP contribution in [-0.2, 0) is 17.6 Å². The predicted molar refractivity (Wildman–Crippen MR) is 108 cm³/mol. The van der Waals surface area contributed by atoms with Crippen LogP contribution in [0, 0.1) is 0 Å². The Bertz CT molecular complexity index is 990. The van der Waals surface area contributed by atoms with Crippen molar-refractivity contribution in [3.8, 4) is 5.75 Å². The van der Waals surface area contributed by atoms with Gasteiger partial charge in [-0.1, -0.05) is 46.6 Å². The SMILES string of the molecule is O=CNCC(=O)c1noc(Cc2ccc(OCCc3ccc(Cl)c(Cl)c3)cc2)n1. The zero-order valence-corrected chi connectivity index (χ0v) is 16.7. The molecule has 1 N–H and O–H groups in total. The van der Waals surface area contributed by atoms with Gasteiger partial charge in [0.2, 0.25) is 23.9 Å². The second-order valence-electron chi connectivity index (χ2n) is 6.10. The molecule has 3 aromatic rings. The Kier molecular flexibility index (Phi) is 7.21. The van der Waals surface area contributed by atoms with Crippen molar-refractivity contribution in [2.75, 3.05) is 13.2 Å². The Balaban J connectivity index is 1.50. The van der Waals surface area contributed by atoms with E-state index in [0.717, 1.165) is 16.9 Å². The summed E-state index contributed by atoms with van der Waals surface area (Å²) in [7, 11) is 0. The fourth-order valence-corrected chi connectivity index (χ4v) is 2.83. The average Bonchev–Trinajstić information content (AvgIpc) is 3.19. The molecule has 0 aliphatic rings. The summed E-state index contributed by atoms with van der Waals surface area (Å²) >= 11 is 11.9. The van der Waals surface area contributed by atoms with Crippen molar-refractivity contribution in [3.63, 3.8) is 0 Å². The summed E-state index contributed by atoms with van der Waals surface area (Å²) in [6, 6.07) is 13.0. The first-order valence-corrected chi connectivity index (χ1v) is 9.49. The molecule has 150 valence electrons. The standard InChI is InChI=1S/C20H17Cl2N3O4/c21-16-6-3-14(9-17(16)22)7-8-28-15-4-1-13(2-5-15)10-19-24-20(25-29-19)18(27)11-23-12-26/h1-6,9,12H,7-8,10-11H2,(H,23,26). The maximum Gasteiger partial charge on any atom is 0.240 e. The molecule has 29 heavy (non-hydrogen) atoms. The fourth-order valence-electron chi connectivity index (χ4n) is 2.51. The number of aromatic nitrogens is 2. The third kappa shape index (κ3) is 6.04. The molecule has 0 radical (unpaired) electrons. The number of rotatable bonds is 10. The first kappa shape index (κ1) is 20.8. The van der Waals surface area contributed by atoms with Crippen molar-refractivity contribution in [2.24, 2.45) is 0 Å². The Hall–Kier alpha value is -2.90. The summed E-state index contributed by atoms with van der Waals surface area (Å²) in [6.45, 7) is 0.331. The number of hydrogen-bond donors (Lipinski definition) is 1. The van der Waals surface area contributed by atoms with Gasteiger partial charge in [0.15, 0.2) is 0 Å². The Morgan fingerprint density at radius 2 is 1.86 bits per heavy atom. The van der Waals surface area contributed by atoms with Crippen LogP contribution in [0.5, 0.6) is 5.75 Å². The molecule has 0 saturated heterocycles. The van der Waals surface area contributed by atoms with Crippen LogP contribution in [0.25, 0.3) is 0 Å². The molecule has 0 fully saturated rings. The number of halogens is 2. The van der Waals surface area contributed by atoms with Gasteiger partial charge in [0.1, 0.15) is 5.75 Å². The van der Waals surface area contributed by atoms with Gasteiger partial charge in [-0.2, -0.15) is 4.98 Å². The smallest absolute Gasteiger partial charge is 0.240 e. The summed E-state index contributed by atoms with van der Waals surface area (Å²) in [5, 5.41) is 6.95. The van der Waals surface area contributed by atoms with Crippen LogP contribution in [0.3, 0.4) is 0 Å². The van der Waals surface area contributed by atoms with Gasteiger partial charge >= 0.3 is 0 Å². The van der Waals surface area contributed by atoms with Crippen molar-refractivity contribution in [1.29, 1.82) is 0 Å². The number of benzene rings is 2. The van der Waals surface area contributed by atoms with Gasteiger partial charge in [-0.05, 0) is 35.4 Å². The minimum absolute atomic E-state index is 0.0587. The number of carbonyl (C=O) groups is 2. The number of carbonyl (C=O) groups excluding carboxylic acids is 2. The van der Waals surface area contributed by atoms with E-state index >= 15 is 0 Å². The first-order valence-electron chi connectivity index (χ1n) is 8.73. The highest BCUT2D eigenvalue weighted by Crippen LogP contribution is 2.23. The fraction of sp³-hybridized carbons (Fsp3) is 0.200. The van der Waals surface area contributed by atoms with Crippen LogP contribution in [-0.4, -0.2) is 35.5 Å². The number of Topliss-reactive ketones (excluding diaryl/α,β-unsaturated/α-hetero) is 1. The van der Waals surface area contributed by atoms with E-state index in [4.69, 9.17) is 32.5 Å². The van der Waals surface area contributed by atoms with Gasteiger partial charge in [0, 0.05) is 6.42 Å². The van der Waals surface area contributed by atoms with E-state index in [9.17, 15) is 9.59 Å². The molecule has 1 amide bonds. The molecule has 0 bridgehead atoms. The van der Waals surface area contributed by atoms with Crippen LogP contribution in [0.2, 0.25) is 10.0 Å². The summed E-state index contributed by atoms with van der Waals surface area (Å²) in [5.41, 5.74) is 1.97. The third-order valence-electron chi connectivity index (χ3n) is 3.99. The van der Waals surface area contributed by atoms with Crippen molar-refractivity contribution in [2.45, 2.75) is 12.8 Å². The van der Waals surface area contributed by atoms with Gasteiger partial charge < -0.3 is 14.6 Å². The highest BCUT2D eigenvalue weighted by molar-refractivity contribution is 6.42. The molecule has 2 aromatic carbocycles. The molecule has 0 atom stereocenters. The van der Waals surface area contributed by atoms with E-state index in [0.29, 0.717) is 41.8 Å². The number of amides is 1. The molecular weight excluding hydrogens is 417 g/mol. The molecule has 0 aliphatic carbocycles. The summed E-state index contributed by atoms with van der Waals surface area (Å²) in [4.78, 5) is 26.0. The molecule has 0 unspecified atom stereocenters. The molecule has 3 rings (SSSR count). The molecular formula is C20H17Cl2N3O4. The zero-order chi connectivity index (χ0) is 20.6. The lowest BCUT2D eigenvalue weighted by Gasteiger charge is -2.07. The Morgan fingerprint density at radius 1 is 1.10 bits per heavy atom. The summed E-state index contributed by atoms with van der Waals surface area (Å²) in [6.07, 6.45) is 1.52. The van der Waals surface area contributed by atoms with Crippen LogP contribution >= 0.6 is 23.2 Å². The van der Waals surface area contributed by atoms with Crippen molar-refractivity contribution < 1.29 is 18.8 Å². The maximum absolute atomic E-state index is 11.7. The topological polar surface area (TPSA) is 94.3 Å². The maximum atomic E-state index is 11.7. The number of nitrogens with one attached hydrogen (secondary N) is 1. The molecule has 9 heteroatoms. The highest BCUT2D eigenvalue weighted by Gasteiger charge is 2.14. The second-order valence-corrected chi connectivity index (χ2v) is 6.92. The van der Waals surface area contributed by atoms with E-state index in [1.54, 1.807) is 6.07 Å². The second kappa shape index (κ2) is 10.0. The van der Waals surface area contributed by atoms with E-state index in [1.165, 1.54) is 0 Å². The van der Waals surface area contributed by atoms with Crippen LogP contribution in [0.4, 0.5) is 0 Å². The van der Waals surface area contributed by atoms with E-state index in [1.807, 2.05) is 36.4 Å². The van der Waals surface area contributed by atoms with Gasteiger partial charge in [-0.3, -0.25) is 9.59 Å². The van der Waals surface area contributed by atoms with Gasteiger partial charge in [-0.25, -0.2) is 0 Å². The van der Waals surface area contributed by atoms with Gasteiger partial charge in [0.25, 0.3) is 0 Å². The number of hydrogen-bond acceptors (Lipinski definition) is 6. The number of ether oxygens (including phenoxy) is 1. The van der Waals surface area contributed by atoms with Crippen molar-refractivity contribution in [3.05, 3.63) is 75.4 Å². The molecule has 0 saturated carbocycles. The molecule has 0 aliphatic heterocycles. The van der Waals surface area contributed by atoms with Gasteiger partial charge in [-0.15, -0.1) is 0 Å². The van der Waals surface area contributed by atoms with Crippen LogP contribution in [0.1, 0.15) is 27.6 Å². The normalized spacial score (nSPS) is 10.6. The quantitative estimate of drug-likeness (QED) is 0.388. The van der Waals surface area contributed by atoms with Crippen LogP contribution < -0.4 is 10.1 Å². The molecule has 1 heterocycles. The van der Waals surface area contributed by atoms with Gasteiger partial charge in [0.05, 0.1) is 29.6 Å². The monoisotopic (exact) mass is 433 g/mol. The lowest BCUT2D eigenvalue weighted by molar-refractivity contribution is -0.109. The lowest BCUT2D eigenvalue weighted by Crippen LogP contribution is -2.22. The molecule has 7 nitrogen and oxygen atoms in total. The zero-order valence-electron chi connectivity index (χ0n) is 15.2. The van der Waals surface area contributed by atoms with E-state index in [2.05, 4.69) is 15.5 Å². The van der Waals surface area contributed by atoms with Crippen molar-refractivity contribution >= 4 is 35.4 Å². The summed E-state index contributed by atoms with van der Waals surface area (Å²) in [5.74, 6) is 0.567. The third-order valence-corrected chi connectivity index (χ3v) is 4.72. The lowest BCUT2D eigenvalue weighted by atomic mass is 10.1. The Morgan fingerprint density at radius 3 is 2.59 bits per heavy atom. The highest BCUT2D eigenvalue weighted by atomic mass is 35.5. The minimum Gasteiger partial charge on any atom is -0.493 e. The molecule has 1 aromatic heterocycles. The van der Waals surface area contributed by atoms with E-state index in [-0.39, 0.29) is 12.4 Å². The number of ketones is 1. The first-order chi connectivity index (χ1) is 14.0. The summed E-state index contributed by atoms with van der Waals surface area (Å²) < 4.78 is 10.8. The van der Waals surface area contributed by atoms with Crippen LogP contribution in [0.15, 0.2) is 47.0 Å². The number of nitrogens with zero attached hydrogens (tertiary/aromatic N) is 2. The minimum atomic E-state index is -0.419. The largest absolute Gasteiger partial charge is 0.493 e. The predicted octanol–water partition coefficient (Wildman–Crippen LogP) is 3.52.